The minimum atomic E-state index is -0.216. The molecule has 3 rings (SSSR count). The molecule has 1 amide bonds. The predicted octanol–water partition coefficient (Wildman–Crippen LogP) is 3.84. The zero-order valence-corrected chi connectivity index (χ0v) is 20.4. The standard InChI is InChI=1S/C23H29FN4O2.HI/c1-15-7-8-18(12-21(15)24)16(2)27-23(25-3)26-13-17-5-4-6-20(11-17)30-14-22(29)28-19-9-10-19;/h4-8,11-12,16,19H,9-10,13-14H2,1-3H3,(H,28,29)(H2,25,26,27);1H. The monoisotopic (exact) mass is 540 g/mol. The first-order valence-electron chi connectivity index (χ1n) is 10.2. The maximum atomic E-state index is 13.8. The highest BCUT2D eigenvalue weighted by Crippen LogP contribution is 2.19. The summed E-state index contributed by atoms with van der Waals surface area (Å²) in [5.74, 6) is 0.948. The number of hydrogen-bond acceptors (Lipinski definition) is 3. The maximum absolute atomic E-state index is 13.8. The Bertz CT molecular complexity index is 918. The molecule has 0 heterocycles. The van der Waals surface area contributed by atoms with Crippen LogP contribution in [0.5, 0.6) is 5.75 Å². The summed E-state index contributed by atoms with van der Waals surface area (Å²) in [6.07, 6.45) is 2.11. The average molecular weight is 540 g/mol. The number of benzene rings is 2. The van der Waals surface area contributed by atoms with Gasteiger partial charge in [0.2, 0.25) is 0 Å². The molecule has 1 saturated carbocycles. The van der Waals surface area contributed by atoms with E-state index in [2.05, 4.69) is 20.9 Å². The number of nitrogens with zero attached hydrogens (tertiary/aromatic N) is 1. The SMILES string of the molecule is CN=C(NCc1cccc(OCC(=O)NC2CC2)c1)NC(C)c1ccc(C)c(F)c1.I. The highest BCUT2D eigenvalue weighted by Gasteiger charge is 2.23. The number of carbonyl (C=O) groups is 1. The largest absolute Gasteiger partial charge is 0.484 e. The molecule has 1 atom stereocenters. The molecule has 0 aliphatic heterocycles. The van der Waals surface area contributed by atoms with Crippen molar-refractivity contribution in [1.29, 1.82) is 0 Å². The Morgan fingerprint density at radius 1 is 1.26 bits per heavy atom. The van der Waals surface area contributed by atoms with Crippen molar-refractivity contribution in [3.8, 4) is 5.75 Å². The van der Waals surface area contributed by atoms with Crippen LogP contribution in [-0.4, -0.2) is 31.6 Å². The second kappa shape index (κ2) is 11.9. The van der Waals surface area contributed by atoms with Gasteiger partial charge in [0, 0.05) is 19.6 Å². The molecular weight excluding hydrogens is 510 g/mol. The summed E-state index contributed by atoms with van der Waals surface area (Å²) < 4.78 is 19.4. The van der Waals surface area contributed by atoms with Crippen LogP contribution >= 0.6 is 24.0 Å². The summed E-state index contributed by atoms with van der Waals surface area (Å²) in [5.41, 5.74) is 2.47. The van der Waals surface area contributed by atoms with Gasteiger partial charge in [0.15, 0.2) is 12.6 Å². The average Bonchev–Trinajstić information content (AvgIpc) is 3.55. The van der Waals surface area contributed by atoms with Gasteiger partial charge in [0.25, 0.3) is 5.91 Å². The van der Waals surface area contributed by atoms with Gasteiger partial charge in [-0.05, 0) is 61.6 Å². The molecule has 0 aromatic heterocycles. The zero-order valence-electron chi connectivity index (χ0n) is 18.1. The molecular formula is C23H30FIN4O2. The van der Waals surface area contributed by atoms with E-state index in [1.54, 1.807) is 26.1 Å². The normalized spacial score (nSPS) is 14.3. The molecule has 168 valence electrons. The second-order valence-electron chi connectivity index (χ2n) is 7.58. The third kappa shape index (κ3) is 8.01. The van der Waals surface area contributed by atoms with E-state index < -0.39 is 0 Å². The van der Waals surface area contributed by atoms with E-state index in [9.17, 15) is 9.18 Å². The molecule has 0 spiro atoms. The van der Waals surface area contributed by atoms with Crippen molar-refractivity contribution in [3.63, 3.8) is 0 Å². The number of hydrogen-bond donors (Lipinski definition) is 3. The first-order chi connectivity index (χ1) is 14.4. The third-order valence-corrected chi connectivity index (χ3v) is 4.94. The van der Waals surface area contributed by atoms with Gasteiger partial charge in [-0.25, -0.2) is 4.39 Å². The highest BCUT2D eigenvalue weighted by atomic mass is 127. The Morgan fingerprint density at radius 3 is 2.71 bits per heavy atom. The molecule has 3 N–H and O–H groups in total. The Kier molecular flexibility index (Phi) is 9.54. The van der Waals surface area contributed by atoms with Crippen molar-refractivity contribution in [3.05, 3.63) is 65.0 Å². The van der Waals surface area contributed by atoms with Crippen molar-refractivity contribution in [1.82, 2.24) is 16.0 Å². The van der Waals surface area contributed by atoms with Crippen LogP contribution in [0.2, 0.25) is 0 Å². The first kappa shape index (κ1) is 24.9. The summed E-state index contributed by atoms with van der Waals surface area (Å²) in [6.45, 7) is 4.24. The lowest BCUT2D eigenvalue weighted by Crippen LogP contribution is -2.38. The fourth-order valence-corrected chi connectivity index (χ4v) is 2.94. The van der Waals surface area contributed by atoms with Gasteiger partial charge in [-0.1, -0.05) is 24.3 Å². The van der Waals surface area contributed by atoms with Crippen LogP contribution in [0.4, 0.5) is 4.39 Å². The van der Waals surface area contributed by atoms with Gasteiger partial charge < -0.3 is 20.7 Å². The van der Waals surface area contributed by atoms with Crippen LogP contribution < -0.4 is 20.7 Å². The lowest BCUT2D eigenvalue weighted by molar-refractivity contribution is -0.123. The number of aryl methyl sites for hydroxylation is 1. The summed E-state index contributed by atoms with van der Waals surface area (Å²) in [5, 5.41) is 9.42. The van der Waals surface area contributed by atoms with E-state index in [1.807, 2.05) is 37.3 Å². The Labute approximate surface area is 200 Å². The Balaban J connectivity index is 0.00000341. The van der Waals surface area contributed by atoms with E-state index in [-0.39, 0.29) is 48.3 Å². The second-order valence-corrected chi connectivity index (χ2v) is 7.58. The summed E-state index contributed by atoms with van der Waals surface area (Å²) >= 11 is 0. The molecule has 0 bridgehead atoms. The Morgan fingerprint density at radius 2 is 2.03 bits per heavy atom. The highest BCUT2D eigenvalue weighted by molar-refractivity contribution is 14.0. The molecule has 6 nitrogen and oxygen atoms in total. The lowest BCUT2D eigenvalue weighted by Gasteiger charge is -2.19. The smallest absolute Gasteiger partial charge is 0.258 e. The minimum absolute atomic E-state index is 0. The van der Waals surface area contributed by atoms with Crippen molar-refractivity contribution in [2.75, 3.05) is 13.7 Å². The molecule has 1 fully saturated rings. The van der Waals surface area contributed by atoms with Crippen LogP contribution in [0.1, 0.15) is 42.5 Å². The fourth-order valence-electron chi connectivity index (χ4n) is 2.94. The fraction of sp³-hybridized carbons (Fsp3) is 0.391. The number of carbonyl (C=O) groups excluding carboxylic acids is 1. The van der Waals surface area contributed by atoms with Crippen molar-refractivity contribution in [2.24, 2.45) is 4.99 Å². The lowest BCUT2D eigenvalue weighted by atomic mass is 10.1. The number of rotatable bonds is 8. The molecule has 0 saturated heterocycles. The summed E-state index contributed by atoms with van der Waals surface area (Å²) in [7, 11) is 1.69. The van der Waals surface area contributed by atoms with E-state index in [1.165, 1.54) is 0 Å². The van der Waals surface area contributed by atoms with Gasteiger partial charge in [-0.15, -0.1) is 24.0 Å². The zero-order chi connectivity index (χ0) is 21.5. The van der Waals surface area contributed by atoms with E-state index in [0.29, 0.717) is 29.9 Å². The predicted molar refractivity (Wildman–Crippen MR) is 131 cm³/mol. The van der Waals surface area contributed by atoms with Crippen LogP contribution in [-0.2, 0) is 11.3 Å². The van der Waals surface area contributed by atoms with E-state index in [4.69, 9.17) is 4.74 Å². The molecule has 1 aliphatic carbocycles. The molecule has 1 aliphatic rings. The maximum Gasteiger partial charge on any atom is 0.258 e. The number of nitrogens with one attached hydrogen (secondary N) is 3. The summed E-state index contributed by atoms with van der Waals surface area (Å²) in [4.78, 5) is 16.0. The molecule has 2 aromatic carbocycles. The number of halogens is 2. The first-order valence-corrected chi connectivity index (χ1v) is 10.2. The number of amides is 1. The van der Waals surface area contributed by atoms with Crippen LogP contribution in [0.3, 0.4) is 0 Å². The van der Waals surface area contributed by atoms with Gasteiger partial charge in [-0.3, -0.25) is 9.79 Å². The molecule has 2 aromatic rings. The minimum Gasteiger partial charge on any atom is -0.484 e. The van der Waals surface area contributed by atoms with Gasteiger partial charge in [0.05, 0.1) is 6.04 Å². The van der Waals surface area contributed by atoms with E-state index >= 15 is 0 Å². The van der Waals surface area contributed by atoms with Crippen molar-refractivity contribution >= 4 is 35.8 Å². The third-order valence-electron chi connectivity index (χ3n) is 4.94. The van der Waals surface area contributed by atoms with Crippen LogP contribution in [0.15, 0.2) is 47.5 Å². The molecule has 31 heavy (non-hydrogen) atoms. The quantitative estimate of drug-likeness (QED) is 0.271. The summed E-state index contributed by atoms with van der Waals surface area (Å²) in [6, 6.07) is 13.0. The van der Waals surface area contributed by atoms with Gasteiger partial charge in [-0.2, -0.15) is 0 Å². The molecule has 0 radical (unpaired) electrons. The number of ether oxygens (including phenoxy) is 1. The van der Waals surface area contributed by atoms with Crippen molar-refractivity contribution < 1.29 is 13.9 Å². The molecule has 8 heteroatoms. The van der Waals surface area contributed by atoms with Crippen molar-refractivity contribution in [2.45, 2.75) is 45.3 Å². The van der Waals surface area contributed by atoms with Gasteiger partial charge >= 0.3 is 0 Å². The van der Waals surface area contributed by atoms with E-state index in [0.717, 1.165) is 24.0 Å². The number of guanidine groups is 1. The Hall–Kier alpha value is -2.36. The molecule has 1 unspecified atom stereocenters. The van der Waals surface area contributed by atoms with Gasteiger partial charge in [0.1, 0.15) is 11.6 Å². The topological polar surface area (TPSA) is 74.8 Å². The van der Waals surface area contributed by atoms with Crippen LogP contribution in [0.25, 0.3) is 0 Å². The van der Waals surface area contributed by atoms with Crippen LogP contribution in [0, 0.1) is 12.7 Å². The number of aliphatic imine (C=N–C) groups is 1.